The van der Waals surface area contributed by atoms with Crippen molar-refractivity contribution in [2.24, 2.45) is 0 Å². The molecule has 0 amide bonds. The molecule has 1 atom stereocenters. The Bertz CT molecular complexity index is 660. The molecule has 1 aliphatic heterocycles. The summed E-state index contributed by atoms with van der Waals surface area (Å²) in [5, 5.41) is 0. The van der Waals surface area contributed by atoms with Gasteiger partial charge in [-0.25, -0.2) is 0 Å². The smallest absolute Gasteiger partial charge is 0.0475 e. The van der Waals surface area contributed by atoms with Crippen molar-refractivity contribution >= 4 is 0 Å². The van der Waals surface area contributed by atoms with E-state index in [0.717, 1.165) is 26.2 Å². The summed E-state index contributed by atoms with van der Waals surface area (Å²) in [7, 11) is 2.27. The third kappa shape index (κ3) is 3.88. The van der Waals surface area contributed by atoms with Crippen LogP contribution < -0.4 is 0 Å². The second kappa shape index (κ2) is 7.50. The van der Waals surface area contributed by atoms with Crippen molar-refractivity contribution in [2.75, 3.05) is 26.7 Å². The summed E-state index contributed by atoms with van der Waals surface area (Å²) >= 11 is 0. The molecule has 1 heterocycles. The third-order valence-electron chi connectivity index (χ3n) is 5.24. The lowest BCUT2D eigenvalue weighted by atomic mass is 9.91. The number of nitrogens with zero attached hydrogens (tertiary/aromatic N) is 2. The van der Waals surface area contributed by atoms with Crippen molar-refractivity contribution in [1.29, 1.82) is 0 Å². The van der Waals surface area contributed by atoms with Gasteiger partial charge in [0.25, 0.3) is 0 Å². The molecule has 3 rings (SSSR count). The van der Waals surface area contributed by atoms with Crippen LogP contribution in [0.2, 0.25) is 0 Å². The van der Waals surface area contributed by atoms with Crippen LogP contribution in [0.5, 0.6) is 0 Å². The van der Waals surface area contributed by atoms with Gasteiger partial charge in [0.05, 0.1) is 0 Å². The van der Waals surface area contributed by atoms with Crippen LogP contribution in [0.1, 0.15) is 48.1 Å². The minimum Gasteiger partial charge on any atom is -0.297 e. The number of hydrogen-bond acceptors (Lipinski definition) is 2. The van der Waals surface area contributed by atoms with E-state index < -0.39 is 0 Å². The van der Waals surface area contributed by atoms with Crippen molar-refractivity contribution in [2.45, 2.75) is 39.3 Å². The lowest BCUT2D eigenvalue weighted by molar-refractivity contribution is 0.0899. The molecule has 0 saturated carbocycles. The molecule has 2 nitrogen and oxygen atoms in total. The Morgan fingerprint density at radius 1 is 1.00 bits per heavy atom. The van der Waals surface area contributed by atoms with Crippen LogP contribution in [0.25, 0.3) is 0 Å². The average Bonchev–Trinajstić information content (AvgIpc) is 2.58. The molecule has 1 fully saturated rings. The maximum atomic E-state index is 2.60. The number of likely N-dealkylation sites (N-methyl/N-ethyl adjacent to an activating group) is 1. The van der Waals surface area contributed by atoms with E-state index in [1.54, 1.807) is 0 Å². The molecule has 0 aliphatic carbocycles. The quantitative estimate of drug-likeness (QED) is 0.811. The van der Waals surface area contributed by atoms with Gasteiger partial charge in [0.15, 0.2) is 0 Å². The maximum Gasteiger partial charge on any atom is 0.0475 e. The van der Waals surface area contributed by atoms with E-state index >= 15 is 0 Å². The van der Waals surface area contributed by atoms with Crippen molar-refractivity contribution in [3.63, 3.8) is 0 Å². The van der Waals surface area contributed by atoms with Crippen LogP contribution in [0, 0.1) is 6.92 Å². The normalized spacial score (nSPS) is 19.8. The minimum absolute atomic E-state index is 0.489. The SMILES string of the molecule is Cc1ccc(CN2CCN(C)C(c3ccccc3C(C)C)C2)cc1. The fraction of sp³-hybridized carbons (Fsp3) is 0.455. The highest BCUT2D eigenvalue weighted by Gasteiger charge is 2.27. The summed E-state index contributed by atoms with van der Waals surface area (Å²) in [6.45, 7) is 11.2. The second-order valence-electron chi connectivity index (χ2n) is 7.50. The molecule has 24 heavy (non-hydrogen) atoms. The monoisotopic (exact) mass is 322 g/mol. The van der Waals surface area contributed by atoms with E-state index in [-0.39, 0.29) is 0 Å². The molecule has 0 N–H and O–H groups in total. The first-order chi connectivity index (χ1) is 11.5. The predicted molar refractivity (Wildman–Crippen MR) is 102 cm³/mol. The first kappa shape index (κ1) is 17.2. The summed E-state index contributed by atoms with van der Waals surface area (Å²) in [5.41, 5.74) is 5.75. The predicted octanol–water partition coefficient (Wildman–Crippen LogP) is 4.61. The van der Waals surface area contributed by atoms with E-state index in [9.17, 15) is 0 Å². The molecule has 1 aliphatic rings. The van der Waals surface area contributed by atoms with Crippen LogP contribution in [-0.4, -0.2) is 36.5 Å². The lowest BCUT2D eigenvalue weighted by Gasteiger charge is -2.40. The molecule has 0 aromatic heterocycles. The molecule has 2 aromatic carbocycles. The van der Waals surface area contributed by atoms with Gasteiger partial charge in [-0.05, 0) is 36.6 Å². The molecule has 0 radical (unpaired) electrons. The lowest BCUT2D eigenvalue weighted by Crippen LogP contribution is -2.46. The van der Waals surface area contributed by atoms with E-state index in [2.05, 4.69) is 86.1 Å². The fourth-order valence-electron chi connectivity index (χ4n) is 3.70. The largest absolute Gasteiger partial charge is 0.297 e. The standard InChI is InChI=1S/C22H30N2/c1-17(2)20-7-5-6-8-21(20)22-16-24(14-13-23(22)4)15-19-11-9-18(3)10-12-19/h5-12,17,22H,13-16H2,1-4H3. The van der Waals surface area contributed by atoms with E-state index in [1.165, 1.54) is 22.3 Å². The van der Waals surface area contributed by atoms with Crippen molar-refractivity contribution in [3.8, 4) is 0 Å². The number of hydrogen-bond donors (Lipinski definition) is 0. The number of benzene rings is 2. The van der Waals surface area contributed by atoms with Gasteiger partial charge in [-0.1, -0.05) is 67.9 Å². The first-order valence-corrected chi connectivity index (χ1v) is 9.11. The summed E-state index contributed by atoms with van der Waals surface area (Å²) in [5.74, 6) is 0.571. The molecule has 128 valence electrons. The zero-order valence-electron chi connectivity index (χ0n) is 15.5. The fourth-order valence-corrected chi connectivity index (χ4v) is 3.70. The Labute approximate surface area is 147 Å². The molecular weight excluding hydrogens is 292 g/mol. The Balaban J connectivity index is 1.77. The Hall–Kier alpha value is -1.64. The van der Waals surface area contributed by atoms with E-state index in [1.807, 2.05) is 0 Å². The van der Waals surface area contributed by atoms with E-state index in [4.69, 9.17) is 0 Å². The van der Waals surface area contributed by atoms with Crippen molar-refractivity contribution < 1.29 is 0 Å². The van der Waals surface area contributed by atoms with Crippen molar-refractivity contribution in [1.82, 2.24) is 9.80 Å². The van der Waals surface area contributed by atoms with Gasteiger partial charge in [0.1, 0.15) is 0 Å². The van der Waals surface area contributed by atoms with Gasteiger partial charge < -0.3 is 0 Å². The van der Waals surface area contributed by atoms with Gasteiger partial charge in [-0.3, -0.25) is 9.80 Å². The Kier molecular flexibility index (Phi) is 5.37. The van der Waals surface area contributed by atoms with Crippen LogP contribution >= 0.6 is 0 Å². The molecular formula is C22H30N2. The number of rotatable bonds is 4. The minimum atomic E-state index is 0.489. The molecule has 2 heteroatoms. The second-order valence-corrected chi connectivity index (χ2v) is 7.50. The van der Waals surface area contributed by atoms with Gasteiger partial charge in [0, 0.05) is 32.2 Å². The van der Waals surface area contributed by atoms with E-state index in [0.29, 0.717) is 12.0 Å². The average molecular weight is 322 g/mol. The van der Waals surface area contributed by atoms with Crippen LogP contribution in [0.4, 0.5) is 0 Å². The Morgan fingerprint density at radius 3 is 2.42 bits per heavy atom. The van der Waals surface area contributed by atoms with Crippen molar-refractivity contribution in [3.05, 3.63) is 70.8 Å². The number of aryl methyl sites for hydroxylation is 1. The van der Waals surface area contributed by atoms with Gasteiger partial charge in [-0.2, -0.15) is 0 Å². The summed E-state index contributed by atoms with van der Waals surface area (Å²) in [4.78, 5) is 5.12. The first-order valence-electron chi connectivity index (χ1n) is 9.11. The molecule has 0 bridgehead atoms. The molecule has 1 unspecified atom stereocenters. The Morgan fingerprint density at radius 2 is 1.71 bits per heavy atom. The zero-order valence-corrected chi connectivity index (χ0v) is 15.5. The van der Waals surface area contributed by atoms with Crippen LogP contribution in [0.15, 0.2) is 48.5 Å². The summed E-state index contributed by atoms with van der Waals surface area (Å²) < 4.78 is 0. The number of piperazine rings is 1. The molecule has 0 spiro atoms. The molecule has 1 saturated heterocycles. The molecule has 2 aromatic rings. The highest BCUT2D eigenvalue weighted by molar-refractivity contribution is 5.33. The van der Waals surface area contributed by atoms with Crippen LogP contribution in [-0.2, 0) is 6.54 Å². The third-order valence-corrected chi connectivity index (χ3v) is 5.24. The topological polar surface area (TPSA) is 6.48 Å². The van der Waals surface area contributed by atoms with Gasteiger partial charge in [0.2, 0.25) is 0 Å². The maximum absolute atomic E-state index is 2.60. The van der Waals surface area contributed by atoms with Crippen LogP contribution in [0.3, 0.4) is 0 Å². The zero-order chi connectivity index (χ0) is 17.1. The van der Waals surface area contributed by atoms with Gasteiger partial charge >= 0.3 is 0 Å². The van der Waals surface area contributed by atoms with Gasteiger partial charge in [-0.15, -0.1) is 0 Å². The summed E-state index contributed by atoms with van der Waals surface area (Å²) in [6.07, 6.45) is 0. The highest BCUT2D eigenvalue weighted by atomic mass is 15.3. The summed E-state index contributed by atoms with van der Waals surface area (Å²) in [6, 6.07) is 18.4. The highest BCUT2D eigenvalue weighted by Crippen LogP contribution is 2.31.